The molecule has 4 aromatic rings. The molecule has 0 bridgehead atoms. The maximum Gasteiger partial charge on any atom is 0.243 e. The summed E-state index contributed by atoms with van der Waals surface area (Å²) in [5.41, 5.74) is 2.42. The Morgan fingerprint density at radius 1 is 0.939 bits per heavy atom. The van der Waals surface area contributed by atoms with Gasteiger partial charge in [-0.3, -0.25) is 0 Å². The van der Waals surface area contributed by atoms with Gasteiger partial charge in [0, 0.05) is 18.1 Å². The Morgan fingerprint density at radius 2 is 1.70 bits per heavy atom. The molecule has 5 rings (SSSR count). The van der Waals surface area contributed by atoms with Crippen molar-refractivity contribution in [3.8, 4) is 16.9 Å². The lowest BCUT2D eigenvalue weighted by Gasteiger charge is -2.37. The van der Waals surface area contributed by atoms with Gasteiger partial charge in [-0.05, 0) is 47.5 Å². The van der Waals surface area contributed by atoms with Crippen LogP contribution in [-0.2, 0) is 16.6 Å². The fraction of sp³-hybridized carbons (Fsp3) is 0.167. The highest BCUT2D eigenvalue weighted by Crippen LogP contribution is 2.30. The van der Waals surface area contributed by atoms with Crippen molar-refractivity contribution in [2.75, 3.05) is 13.1 Å². The molecule has 7 nitrogen and oxygen atoms in total. The molecule has 2 heterocycles. The molecule has 0 radical (unpaired) electrons. The van der Waals surface area contributed by atoms with E-state index in [1.165, 1.54) is 4.31 Å². The molecule has 33 heavy (non-hydrogen) atoms. The van der Waals surface area contributed by atoms with Crippen LogP contribution in [0.25, 0.3) is 11.1 Å². The molecule has 1 aliphatic heterocycles. The van der Waals surface area contributed by atoms with Crippen LogP contribution in [0.1, 0.15) is 11.7 Å². The summed E-state index contributed by atoms with van der Waals surface area (Å²) >= 11 is 5.96. The third kappa shape index (κ3) is 4.64. The number of hydrogen-bond donors (Lipinski definition) is 0. The van der Waals surface area contributed by atoms with E-state index in [2.05, 4.69) is 10.3 Å². The summed E-state index contributed by atoms with van der Waals surface area (Å²) in [6.45, 7) is 0.988. The molecule has 0 spiro atoms. The van der Waals surface area contributed by atoms with Gasteiger partial charge in [-0.2, -0.15) is 4.31 Å². The predicted octanol–water partition coefficient (Wildman–Crippen LogP) is 4.42. The quantitative estimate of drug-likeness (QED) is 0.391. The summed E-state index contributed by atoms with van der Waals surface area (Å²) in [6.07, 6.45) is 1.80. The minimum atomic E-state index is -3.60. The van der Waals surface area contributed by atoms with Crippen molar-refractivity contribution in [1.82, 2.24) is 19.3 Å². The maximum atomic E-state index is 13.1. The van der Waals surface area contributed by atoms with Crippen molar-refractivity contribution in [2.24, 2.45) is 0 Å². The Morgan fingerprint density at radius 3 is 2.45 bits per heavy atom. The van der Waals surface area contributed by atoms with Gasteiger partial charge < -0.3 is 4.74 Å². The number of aromatic nitrogens is 3. The number of sulfonamides is 1. The number of nitrogens with zero attached hydrogens (tertiary/aromatic N) is 4. The third-order valence-electron chi connectivity index (χ3n) is 5.54. The van der Waals surface area contributed by atoms with Gasteiger partial charge in [-0.1, -0.05) is 59.3 Å². The molecule has 0 aliphatic carbocycles. The second-order valence-corrected chi connectivity index (χ2v) is 10.2. The zero-order valence-electron chi connectivity index (χ0n) is 17.6. The van der Waals surface area contributed by atoms with E-state index in [0.29, 0.717) is 30.4 Å². The topological polar surface area (TPSA) is 77.3 Å². The van der Waals surface area contributed by atoms with Crippen molar-refractivity contribution >= 4 is 21.6 Å². The Hall–Kier alpha value is -3.20. The molecule has 1 saturated heterocycles. The van der Waals surface area contributed by atoms with Crippen LogP contribution in [0, 0.1) is 0 Å². The molecule has 0 amide bonds. The van der Waals surface area contributed by atoms with Crippen molar-refractivity contribution < 1.29 is 13.2 Å². The van der Waals surface area contributed by atoms with Gasteiger partial charge in [-0.15, -0.1) is 5.10 Å². The Labute approximate surface area is 197 Å². The normalized spacial score (nSPS) is 14.7. The van der Waals surface area contributed by atoms with Gasteiger partial charge in [0.15, 0.2) is 0 Å². The average molecular weight is 481 g/mol. The molecular weight excluding hydrogens is 460 g/mol. The summed E-state index contributed by atoms with van der Waals surface area (Å²) in [7, 11) is -3.60. The number of hydrogen-bond acceptors (Lipinski definition) is 5. The first kappa shape index (κ1) is 21.6. The predicted molar refractivity (Wildman–Crippen MR) is 125 cm³/mol. The lowest BCUT2D eigenvalue weighted by molar-refractivity contribution is 0.189. The van der Waals surface area contributed by atoms with E-state index < -0.39 is 10.0 Å². The third-order valence-corrected chi connectivity index (χ3v) is 7.62. The molecule has 1 aliphatic rings. The highest BCUT2D eigenvalue weighted by atomic mass is 35.5. The van der Waals surface area contributed by atoms with Crippen LogP contribution in [0.2, 0.25) is 5.02 Å². The van der Waals surface area contributed by atoms with Crippen molar-refractivity contribution in [3.63, 3.8) is 0 Å². The van der Waals surface area contributed by atoms with E-state index in [0.717, 1.165) is 16.9 Å². The lowest BCUT2D eigenvalue weighted by Crippen LogP contribution is -2.50. The Bertz CT molecular complexity index is 1350. The van der Waals surface area contributed by atoms with E-state index in [9.17, 15) is 8.42 Å². The minimum Gasteiger partial charge on any atom is -0.487 e. The first-order valence-corrected chi connectivity index (χ1v) is 12.3. The van der Waals surface area contributed by atoms with Crippen LogP contribution in [0.3, 0.4) is 0 Å². The van der Waals surface area contributed by atoms with Crippen LogP contribution in [0.4, 0.5) is 0 Å². The summed E-state index contributed by atoms with van der Waals surface area (Å²) in [4.78, 5) is 0.268. The number of rotatable bonds is 7. The zero-order chi connectivity index (χ0) is 22.8. The van der Waals surface area contributed by atoms with E-state index in [4.69, 9.17) is 16.3 Å². The molecule has 0 unspecified atom stereocenters. The summed E-state index contributed by atoms with van der Waals surface area (Å²) in [6, 6.07) is 23.7. The molecule has 0 saturated carbocycles. The van der Waals surface area contributed by atoms with Crippen molar-refractivity contribution in [1.29, 1.82) is 0 Å². The molecule has 168 valence electrons. The average Bonchev–Trinajstić information content (AvgIpc) is 3.26. The number of ether oxygens (including phenoxy) is 1. The zero-order valence-corrected chi connectivity index (χ0v) is 19.2. The Balaban J connectivity index is 1.23. The van der Waals surface area contributed by atoms with Gasteiger partial charge >= 0.3 is 0 Å². The van der Waals surface area contributed by atoms with E-state index in [1.807, 2.05) is 48.5 Å². The Kier molecular flexibility index (Phi) is 5.88. The summed E-state index contributed by atoms with van der Waals surface area (Å²) < 4.78 is 35.1. The van der Waals surface area contributed by atoms with Crippen LogP contribution in [-0.4, -0.2) is 40.8 Å². The second kappa shape index (κ2) is 8.97. The summed E-state index contributed by atoms with van der Waals surface area (Å²) in [5.74, 6) is 0.758. The van der Waals surface area contributed by atoms with Crippen molar-refractivity contribution in [3.05, 3.63) is 95.8 Å². The van der Waals surface area contributed by atoms with Crippen LogP contribution >= 0.6 is 11.6 Å². The number of benzene rings is 3. The van der Waals surface area contributed by atoms with E-state index >= 15 is 0 Å². The molecule has 3 aromatic carbocycles. The van der Waals surface area contributed by atoms with Crippen molar-refractivity contribution in [2.45, 2.75) is 17.5 Å². The monoisotopic (exact) mass is 480 g/mol. The number of para-hydroxylation sites is 1. The van der Waals surface area contributed by atoms with Crippen LogP contribution in [0.15, 0.2) is 90.0 Å². The lowest BCUT2D eigenvalue weighted by atomic mass is 10.1. The van der Waals surface area contributed by atoms with Crippen LogP contribution < -0.4 is 4.74 Å². The first-order valence-electron chi connectivity index (χ1n) is 10.4. The maximum absolute atomic E-state index is 13.1. The van der Waals surface area contributed by atoms with Gasteiger partial charge in [0.05, 0.1) is 17.1 Å². The highest BCUT2D eigenvalue weighted by Gasteiger charge is 2.38. The fourth-order valence-electron chi connectivity index (χ4n) is 3.64. The summed E-state index contributed by atoms with van der Waals surface area (Å²) in [5, 5.41) is 8.93. The minimum absolute atomic E-state index is 0.0581. The van der Waals surface area contributed by atoms with Crippen LogP contribution in [0.5, 0.6) is 5.75 Å². The van der Waals surface area contributed by atoms with E-state index in [-0.39, 0.29) is 10.9 Å². The largest absolute Gasteiger partial charge is 0.487 e. The molecule has 0 N–H and O–H groups in total. The second-order valence-electron chi connectivity index (χ2n) is 7.80. The van der Waals surface area contributed by atoms with Gasteiger partial charge in [0.1, 0.15) is 18.1 Å². The smallest absolute Gasteiger partial charge is 0.243 e. The molecule has 1 aromatic heterocycles. The van der Waals surface area contributed by atoms with Gasteiger partial charge in [-0.25, -0.2) is 13.1 Å². The molecule has 9 heteroatoms. The highest BCUT2D eigenvalue weighted by molar-refractivity contribution is 7.89. The molecular formula is C24H21ClN4O3S. The fourth-order valence-corrected chi connectivity index (χ4v) is 5.33. The molecule has 0 atom stereocenters. The first-order chi connectivity index (χ1) is 16.0. The van der Waals surface area contributed by atoms with Gasteiger partial charge in [0.2, 0.25) is 10.0 Å². The standard InChI is InChI=1S/C24H21ClN4O3S/c25-20-11-9-18(10-12-20)19-5-4-8-24(13-19)33(30,31)28-15-22(16-28)29-14-21(26-27-29)17-32-23-6-2-1-3-7-23/h1-14,22H,15-17H2. The van der Waals surface area contributed by atoms with Gasteiger partial charge in [0.25, 0.3) is 0 Å². The van der Waals surface area contributed by atoms with E-state index in [1.54, 1.807) is 41.2 Å². The molecule has 1 fully saturated rings. The SMILES string of the molecule is O=S(=O)(c1cccc(-c2ccc(Cl)cc2)c1)N1CC(n2cc(COc3ccccc3)nn2)C1. The number of halogens is 1.